The van der Waals surface area contributed by atoms with Gasteiger partial charge < -0.3 is 11.5 Å². The van der Waals surface area contributed by atoms with E-state index in [0.717, 1.165) is 0 Å². The molecule has 1 amide bonds. The predicted octanol–water partition coefficient (Wildman–Crippen LogP) is -0.843. The average Bonchev–Trinajstić information content (AvgIpc) is 1.97. The molecule has 0 aliphatic rings. The summed E-state index contributed by atoms with van der Waals surface area (Å²) < 4.78 is 0. The van der Waals surface area contributed by atoms with Crippen molar-refractivity contribution in [3.8, 4) is 0 Å². The Hall–Kier alpha value is -0.650. The van der Waals surface area contributed by atoms with Gasteiger partial charge in [0.25, 0.3) is 0 Å². The molecule has 0 bridgehead atoms. The first kappa shape index (κ1) is 10.3. The van der Waals surface area contributed by atoms with Crippen molar-refractivity contribution >= 4 is 5.91 Å². The van der Waals surface area contributed by atoms with Crippen molar-refractivity contribution in [3.63, 3.8) is 0 Å². The van der Waals surface area contributed by atoms with Crippen molar-refractivity contribution in [1.82, 2.24) is 0 Å². The average molecular weight is 162 g/mol. The quantitative estimate of drug-likeness (QED) is 0.393. The Morgan fingerprint density at radius 1 is 1.64 bits per heavy atom. The number of rotatable bonds is 6. The first-order valence-corrected chi connectivity index (χ1v) is 3.36. The van der Waals surface area contributed by atoms with Crippen LogP contribution in [0.25, 0.3) is 0 Å². The molecule has 5 nitrogen and oxygen atoms in total. The minimum absolute atomic E-state index is 0.192. The molecule has 0 spiro atoms. The summed E-state index contributed by atoms with van der Waals surface area (Å²) in [7, 11) is 1.40. The lowest BCUT2D eigenvalue weighted by atomic mass is 10.2. The molecule has 11 heavy (non-hydrogen) atoms. The van der Waals surface area contributed by atoms with Crippen molar-refractivity contribution in [3.05, 3.63) is 0 Å². The largest absolute Gasteiger partial charge is 0.370 e. The van der Waals surface area contributed by atoms with E-state index in [4.69, 9.17) is 11.5 Å². The molecule has 4 N–H and O–H groups in total. The molecule has 0 saturated carbocycles. The Morgan fingerprint density at radius 3 is 2.73 bits per heavy atom. The van der Waals surface area contributed by atoms with Gasteiger partial charge in [-0.1, -0.05) is 0 Å². The van der Waals surface area contributed by atoms with E-state index in [9.17, 15) is 4.79 Å². The first-order chi connectivity index (χ1) is 5.16. The highest BCUT2D eigenvalue weighted by Crippen LogP contribution is 1.93. The van der Waals surface area contributed by atoms with Crippen LogP contribution in [0.2, 0.25) is 0 Å². The topological polar surface area (TPSA) is 87.6 Å². The zero-order valence-electron chi connectivity index (χ0n) is 6.58. The monoisotopic (exact) mass is 162 g/mol. The molecule has 0 rings (SSSR count). The molecular weight excluding hydrogens is 148 g/mol. The Labute approximate surface area is 65.6 Å². The van der Waals surface area contributed by atoms with Gasteiger partial charge in [-0.2, -0.15) is 0 Å². The smallest absolute Gasteiger partial charge is 0.217 e. The minimum Gasteiger partial charge on any atom is -0.370 e. The summed E-state index contributed by atoms with van der Waals surface area (Å²) in [6.07, 6.45) is 0.812. The molecule has 0 aliphatic carbocycles. The Morgan fingerprint density at radius 2 is 2.27 bits per heavy atom. The van der Waals surface area contributed by atoms with E-state index in [0.29, 0.717) is 6.42 Å². The number of carbonyl (C=O) groups excluding carboxylic acids is 1. The lowest BCUT2D eigenvalue weighted by molar-refractivity contribution is -0.274. The first-order valence-electron chi connectivity index (χ1n) is 3.36. The maximum absolute atomic E-state index is 10.3. The standard InChI is InChI=1S/C6H14N2O3/c1-10-11-4-5(7)2-3-6(8)9/h5H,2-4,7H2,1H3,(H2,8,9)/t5-/m1/s1. The molecule has 0 fully saturated rings. The molecule has 0 heterocycles. The van der Waals surface area contributed by atoms with Crippen LogP contribution in [0.1, 0.15) is 12.8 Å². The van der Waals surface area contributed by atoms with Gasteiger partial charge in [0.15, 0.2) is 0 Å². The fourth-order valence-electron chi connectivity index (χ4n) is 0.566. The van der Waals surface area contributed by atoms with Crippen LogP contribution in [-0.2, 0) is 14.6 Å². The van der Waals surface area contributed by atoms with Gasteiger partial charge in [-0.25, -0.2) is 9.78 Å². The number of hydrogen-bond donors (Lipinski definition) is 2. The van der Waals surface area contributed by atoms with Gasteiger partial charge in [0.05, 0.1) is 13.7 Å². The van der Waals surface area contributed by atoms with Crippen molar-refractivity contribution < 1.29 is 14.6 Å². The minimum atomic E-state index is -0.349. The van der Waals surface area contributed by atoms with Crippen LogP contribution < -0.4 is 11.5 Å². The molecule has 0 aromatic heterocycles. The van der Waals surface area contributed by atoms with Gasteiger partial charge in [-0.3, -0.25) is 4.79 Å². The van der Waals surface area contributed by atoms with Crippen LogP contribution >= 0.6 is 0 Å². The van der Waals surface area contributed by atoms with E-state index in [1.165, 1.54) is 7.11 Å². The van der Waals surface area contributed by atoms with E-state index in [1.807, 2.05) is 0 Å². The molecule has 1 atom stereocenters. The third-order valence-electron chi connectivity index (χ3n) is 1.16. The maximum atomic E-state index is 10.3. The van der Waals surface area contributed by atoms with Gasteiger partial charge in [0, 0.05) is 12.5 Å². The lowest BCUT2D eigenvalue weighted by Gasteiger charge is -2.07. The molecule has 0 aromatic rings. The number of amides is 1. The van der Waals surface area contributed by atoms with Crippen LogP contribution in [0.3, 0.4) is 0 Å². The summed E-state index contributed by atoms with van der Waals surface area (Å²) in [5.41, 5.74) is 10.4. The van der Waals surface area contributed by atoms with Crippen LogP contribution in [0.4, 0.5) is 0 Å². The van der Waals surface area contributed by atoms with Crippen LogP contribution in [0.5, 0.6) is 0 Å². The summed E-state index contributed by atoms with van der Waals surface area (Å²) in [6.45, 7) is 0.282. The molecular formula is C6H14N2O3. The van der Waals surface area contributed by atoms with Crippen molar-refractivity contribution in [2.45, 2.75) is 18.9 Å². The van der Waals surface area contributed by atoms with Crippen LogP contribution in [0.15, 0.2) is 0 Å². The molecule has 0 radical (unpaired) electrons. The third-order valence-corrected chi connectivity index (χ3v) is 1.16. The van der Waals surface area contributed by atoms with E-state index in [-0.39, 0.29) is 25.0 Å². The van der Waals surface area contributed by atoms with E-state index in [1.54, 1.807) is 0 Å². The summed E-state index contributed by atoms with van der Waals surface area (Å²) in [6, 6.07) is -0.192. The Kier molecular flexibility index (Phi) is 5.73. The maximum Gasteiger partial charge on any atom is 0.217 e. The van der Waals surface area contributed by atoms with Crippen LogP contribution in [-0.4, -0.2) is 25.7 Å². The molecule has 0 aromatic carbocycles. The summed E-state index contributed by atoms with van der Waals surface area (Å²) in [5.74, 6) is -0.349. The van der Waals surface area contributed by atoms with Gasteiger partial charge in [0.2, 0.25) is 5.91 Å². The SMILES string of the molecule is COOC[C@H](N)CCC(N)=O. The zero-order valence-corrected chi connectivity index (χ0v) is 6.58. The van der Waals surface area contributed by atoms with Gasteiger partial charge in [-0.05, 0) is 6.42 Å². The third kappa shape index (κ3) is 7.24. The number of hydrogen-bond acceptors (Lipinski definition) is 4. The van der Waals surface area contributed by atoms with Gasteiger partial charge >= 0.3 is 0 Å². The molecule has 66 valence electrons. The Bertz CT molecular complexity index is 118. The molecule has 0 saturated heterocycles. The second-order valence-electron chi connectivity index (χ2n) is 2.22. The molecule has 5 heteroatoms. The summed E-state index contributed by atoms with van der Waals surface area (Å²) in [5, 5.41) is 0. The summed E-state index contributed by atoms with van der Waals surface area (Å²) in [4.78, 5) is 19.1. The normalized spacial score (nSPS) is 12.9. The Balaban J connectivity index is 3.22. The molecule has 0 aliphatic heterocycles. The fourth-order valence-corrected chi connectivity index (χ4v) is 0.566. The second kappa shape index (κ2) is 6.09. The van der Waals surface area contributed by atoms with Crippen molar-refractivity contribution in [1.29, 1.82) is 0 Å². The van der Waals surface area contributed by atoms with E-state index >= 15 is 0 Å². The van der Waals surface area contributed by atoms with Gasteiger partial charge in [0.1, 0.15) is 0 Å². The predicted molar refractivity (Wildman–Crippen MR) is 39.4 cm³/mol. The van der Waals surface area contributed by atoms with E-state index in [2.05, 4.69) is 9.78 Å². The second-order valence-corrected chi connectivity index (χ2v) is 2.22. The highest BCUT2D eigenvalue weighted by molar-refractivity contribution is 5.73. The number of carbonyl (C=O) groups is 1. The zero-order chi connectivity index (χ0) is 8.69. The molecule has 0 unspecified atom stereocenters. The lowest BCUT2D eigenvalue weighted by Crippen LogP contribution is -2.27. The van der Waals surface area contributed by atoms with Crippen molar-refractivity contribution in [2.24, 2.45) is 11.5 Å². The number of nitrogens with two attached hydrogens (primary N) is 2. The van der Waals surface area contributed by atoms with Crippen molar-refractivity contribution in [2.75, 3.05) is 13.7 Å². The van der Waals surface area contributed by atoms with E-state index < -0.39 is 0 Å². The highest BCUT2D eigenvalue weighted by atomic mass is 17.2. The van der Waals surface area contributed by atoms with Gasteiger partial charge in [-0.15, -0.1) is 0 Å². The highest BCUT2D eigenvalue weighted by Gasteiger charge is 2.04. The van der Waals surface area contributed by atoms with Crippen LogP contribution in [0, 0.1) is 0 Å². The summed E-state index contributed by atoms with van der Waals surface area (Å²) >= 11 is 0. The number of primary amides is 1. The fraction of sp³-hybridized carbons (Fsp3) is 0.833.